The van der Waals surface area contributed by atoms with Crippen molar-refractivity contribution in [1.82, 2.24) is 15.5 Å². The molecule has 43 heavy (non-hydrogen) atoms. The fraction of sp³-hybridized carbons (Fsp3) is 0.472. The van der Waals surface area contributed by atoms with Crippen molar-refractivity contribution in [3.05, 3.63) is 76.3 Å². The standard InChI is InChI=1S/C36H47N3O4/c1-24-18-29(20-38-32-14-8-16-37-36(32)40)35(41-5)19-34(24)43-23-28-11-6-12-30(25(28)2)31-13-7-15-33(26(31)3)42-22-27-10-9-17-39(4)21-27/h6-7,11-13,15,18-19,27,32,38H,8-10,14,16-17,20-23H2,1-5H3,(H,37,40). The predicted octanol–water partition coefficient (Wildman–Crippen LogP) is 5.96. The summed E-state index contributed by atoms with van der Waals surface area (Å²) in [5, 5.41) is 6.32. The molecule has 2 saturated heterocycles. The molecular weight excluding hydrogens is 538 g/mol. The molecule has 2 atom stereocenters. The minimum absolute atomic E-state index is 0.0708. The molecule has 3 aromatic carbocycles. The lowest BCUT2D eigenvalue weighted by molar-refractivity contribution is -0.124. The number of carbonyl (C=O) groups is 1. The largest absolute Gasteiger partial charge is 0.496 e. The van der Waals surface area contributed by atoms with Crippen molar-refractivity contribution < 1.29 is 19.0 Å². The van der Waals surface area contributed by atoms with Crippen LogP contribution in [0.2, 0.25) is 0 Å². The van der Waals surface area contributed by atoms with Crippen LogP contribution in [0.3, 0.4) is 0 Å². The number of nitrogens with one attached hydrogen (secondary N) is 2. The van der Waals surface area contributed by atoms with E-state index in [2.05, 4.69) is 85.8 Å². The molecule has 2 unspecified atom stereocenters. The Kier molecular flexibility index (Phi) is 10.3. The summed E-state index contributed by atoms with van der Waals surface area (Å²) < 4.78 is 18.5. The van der Waals surface area contributed by atoms with Crippen LogP contribution in [0.4, 0.5) is 0 Å². The Morgan fingerprint density at radius 2 is 1.70 bits per heavy atom. The second kappa shape index (κ2) is 14.3. The van der Waals surface area contributed by atoms with Gasteiger partial charge in [-0.25, -0.2) is 0 Å². The first kappa shape index (κ1) is 30.9. The van der Waals surface area contributed by atoms with Gasteiger partial charge in [0.1, 0.15) is 23.9 Å². The zero-order chi connectivity index (χ0) is 30.3. The topological polar surface area (TPSA) is 72.1 Å². The minimum atomic E-state index is -0.167. The second-order valence-electron chi connectivity index (χ2n) is 12.2. The maximum atomic E-state index is 12.2. The highest BCUT2D eigenvalue weighted by Crippen LogP contribution is 2.35. The van der Waals surface area contributed by atoms with Gasteiger partial charge in [0.25, 0.3) is 0 Å². The monoisotopic (exact) mass is 585 g/mol. The molecular formula is C36H47N3O4. The number of hydrogen-bond acceptors (Lipinski definition) is 6. The molecule has 0 bridgehead atoms. The van der Waals surface area contributed by atoms with Crippen LogP contribution in [0.25, 0.3) is 11.1 Å². The van der Waals surface area contributed by atoms with E-state index in [-0.39, 0.29) is 11.9 Å². The van der Waals surface area contributed by atoms with E-state index < -0.39 is 0 Å². The van der Waals surface area contributed by atoms with Crippen LogP contribution >= 0.6 is 0 Å². The number of benzene rings is 3. The van der Waals surface area contributed by atoms with E-state index in [4.69, 9.17) is 14.2 Å². The van der Waals surface area contributed by atoms with Crippen LogP contribution < -0.4 is 24.8 Å². The average Bonchev–Trinajstić information content (AvgIpc) is 3.00. The summed E-state index contributed by atoms with van der Waals surface area (Å²) in [6.07, 6.45) is 4.31. The van der Waals surface area contributed by atoms with Crippen LogP contribution in [0.5, 0.6) is 17.2 Å². The first-order valence-electron chi connectivity index (χ1n) is 15.6. The number of piperidine rings is 2. The van der Waals surface area contributed by atoms with Crippen LogP contribution in [0.15, 0.2) is 48.5 Å². The summed E-state index contributed by atoms with van der Waals surface area (Å²) in [7, 11) is 3.87. The highest BCUT2D eigenvalue weighted by atomic mass is 16.5. The van der Waals surface area contributed by atoms with Gasteiger partial charge in [0.15, 0.2) is 0 Å². The summed E-state index contributed by atoms with van der Waals surface area (Å²) in [5.74, 6) is 3.16. The Bertz CT molecular complexity index is 1420. The van der Waals surface area contributed by atoms with Gasteiger partial charge in [-0.1, -0.05) is 30.3 Å². The molecule has 2 aliphatic heterocycles. The van der Waals surface area contributed by atoms with Crippen molar-refractivity contribution >= 4 is 5.91 Å². The van der Waals surface area contributed by atoms with Crippen LogP contribution in [-0.4, -0.2) is 57.2 Å². The van der Waals surface area contributed by atoms with Gasteiger partial charge in [0, 0.05) is 37.2 Å². The third kappa shape index (κ3) is 7.51. The van der Waals surface area contributed by atoms with E-state index >= 15 is 0 Å². The molecule has 7 nitrogen and oxygen atoms in total. The van der Waals surface area contributed by atoms with Crippen LogP contribution in [0.1, 0.15) is 53.5 Å². The molecule has 2 fully saturated rings. The Balaban J connectivity index is 1.27. The van der Waals surface area contributed by atoms with Crippen molar-refractivity contribution in [3.63, 3.8) is 0 Å². The lowest BCUT2D eigenvalue weighted by Crippen LogP contribution is -2.47. The minimum Gasteiger partial charge on any atom is -0.496 e. The number of ether oxygens (including phenoxy) is 3. The normalized spacial score (nSPS) is 19.1. The maximum absolute atomic E-state index is 12.2. The van der Waals surface area contributed by atoms with Crippen LogP contribution in [0, 0.1) is 26.7 Å². The van der Waals surface area contributed by atoms with Gasteiger partial charge in [0.2, 0.25) is 5.91 Å². The molecule has 2 N–H and O–H groups in total. The smallest absolute Gasteiger partial charge is 0.237 e. The average molecular weight is 586 g/mol. The van der Waals surface area contributed by atoms with Crippen LogP contribution in [-0.2, 0) is 17.9 Å². The van der Waals surface area contributed by atoms with E-state index in [0.717, 1.165) is 66.5 Å². The number of carbonyl (C=O) groups excluding carboxylic acids is 1. The fourth-order valence-corrected chi connectivity index (χ4v) is 6.38. The highest BCUT2D eigenvalue weighted by molar-refractivity contribution is 5.82. The predicted molar refractivity (Wildman–Crippen MR) is 172 cm³/mol. The van der Waals surface area contributed by atoms with Crippen molar-refractivity contribution in [3.8, 4) is 28.4 Å². The molecule has 2 aliphatic rings. The number of likely N-dealkylation sites (tertiary alicyclic amines) is 1. The van der Waals surface area contributed by atoms with Gasteiger partial charge in [-0.05, 0) is 106 Å². The SMILES string of the molecule is COc1cc(OCc2cccc(-c3cccc(OCC4CCCN(C)C4)c3C)c2C)c(C)cc1CNC1CCCNC1=O. The summed E-state index contributed by atoms with van der Waals surface area (Å²) in [6, 6.07) is 16.7. The lowest BCUT2D eigenvalue weighted by Gasteiger charge is -2.29. The quantitative estimate of drug-likeness (QED) is 0.290. The van der Waals surface area contributed by atoms with Gasteiger partial charge in [-0.15, -0.1) is 0 Å². The molecule has 7 heteroatoms. The van der Waals surface area contributed by atoms with Gasteiger partial charge in [-0.3, -0.25) is 4.79 Å². The molecule has 2 heterocycles. The van der Waals surface area contributed by atoms with Gasteiger partial charge in [-0.2, -0.15) is 0 Å². The zero-order valence-electron chi connectivity index (χ0n) is 26.4. The Morgan fingerprint density at radius 1 is 0.907 bits per heavy atom. The first-order chi connectivity index (χ1) is 20.8. The van der Waals surface area contributed by atoms with E-state index in [1.165, 1.54) is 41.6 Å². The second-order valence-corrected chi connectivity index (χ2v) is 12.2. The summed E-state index contributed by atoms with van der Waals surface area (Å²) in [5.41, 5.74) is 7.95. The Hall–Kier alpha value is -3.55. The molecule has 0 aliphatic carbocycles. The summed E-state index contributed by atoms with van der Waals surface area (Å²) in [4.78, 5) is 14.6. The number of aryl methyl sites for hydroxylation is 1. The molecule has 230 valence electrons. The summed E-state index contributed by atoms with van der Waals surface area (Å²) in [6.45, 7) is 11.2. The number of nitrogens with zero attached hydrogens (tertiary/aromatic N) is 1. The molecule has 0 saturated carbocycles. The highest BCUT2D eigenvalue weighted by Gasteiger charge is 2.22. The third-order valence-corrected chi connectivity index (χ3v) is 9.00. The summed E-state index contributed by atoms with van der Waals surface area (Å²) >= 11 is 0. The zero-order valence-corrected chi connectivity index (χ0v) is 26.4. The Labute approximate surface area is 256 Å². The third-order valence-electron chi connectivity index (χ3n) is 9.00. The molecule has 0 spiro atoms. The molecule has 1 amide bonds. The molecule has 5 rings (SSSR count). The van der Waals surface area contributed by atoms with E-state index in [1.54, 1.807) is 7.11 Å². The van der Waals surface area contributed by atoms with E-state index in [0.29, 0.717) is 19.1 Å². The van der Waals surface area contributed by atoms with E-state index in [1.807, 2.05) is 6.07 Å². The fourth-order valence-electron chi connectivity index (χ4n) is 6.38. The number of rotatable bonds is 11. The van der Waals surface area contributed by atoms with E-state index in [9.17, 15) is 4.79 Å². The molecule has 0 aromatic heterocycles. The molecule has 3 aromatic rings. The molecule has 0 radical (unpaired) electrons. The van der Waals surface area contributed by atoms with Gasteiger partial charge in [0.05, 0.1) is 19.8 Å². The Morgan fingerprint density at radius 3 is 2.47 bits per heavy atom. The number of methoxy groups -OCH3 is 1. The van der Waals surface area contributed by atoms with Crippen molar-refractivity contribution in [2.45, 2.75) is 65.6 Å². The lowest BCUT2D eigenvalue weighted by atomic mass is 9.93. The van der Waals surface area contributed by atoms with Crippen molar-refractivity contribution in [2.75, 3.05) is 40.4 Å². The van der Waals surface area contributed by atoms with Gasteiger partial charge < -0.3 is 29.7 Å². The van der Waals surface area contributed by atoms with Crippen molar-refractivity contribution in [1.29, 1.82) is 0 Å². The van der Waals surface area contributed by atoms with Gasteiger partial charge >= 0.3 is 0 Å². The maximum Gasteiger partial charge on any atom is 0.237 e. The number of hydrogen-bond donors (Lipinski definition) is 2. The van der Waals surface area contributed by atoms with Crippen molar-refractivity contribution in [2.24, 2.45) is 5.92 Å². The number of amides is 1. The first-order valence-corrected chi connectivity index (χ1v) is 15.6.